The van der Waals surface area contributed by atoms with Crippen LogP contribution in [0.5, 0.6) is 0 Å². The number of amides is 1. The minimum Gasteiger partial charge on any atom is -0.377 e. The number of hydrogen-bond donors (Lipinski definition) is 1. The van der Waals surface area contributed by atoms with Crippen molar-refractivity contribution in [1.82, 2.24) is 5.32 Å². The summed E-state index contributed by atoms with van der Waals surface area (Å²) in [7, 11) is 0. The molecule has 0 saturated carbocycles. The number of rotatable bonds is 7. The number of ether oxygens (including phenoxy) is 1. The van der Waals surface area contributed by atoms with Crippen LogP contribution in [0.2, 0.25) is 0 Å². The van der Waals surface area contributed by atoms with E-state index in [0.29, 0.717) is 13.1 Å². The van der Waals surface area contributed by atoms with Crippen molar-refractivity contribution >= 4 is 18.1 Å². The molecule has 1 amide bonds. The summed E-state index contributed by atoms with van der Waals surface area (Å²) in [6, 6.07) is 0. The molecule has 0 aliphatic rings. The number of aliphatic imine (C=N–C) groups is 1. The Balaban J connectivity index is 3.23. The zero-order valence-corrected chi connectivity index (χ0v) is 9.32. The molecular formula is C10H16N2O4. The van der Waals surface area contributed by atoms with Crippen molar-refractivity contribution in [3.05, 3.63) is 0 Å². The van der Waals surface area contributed by atoms with Gasteiger partial charge < -0.3 is 10.1 Å². The van der Waals surface area contributed by atoms with E-state index in [4.69, 9.17) is 0 Å². The highest BCUT2D eigenvalue weighted by molar-refractivity contribution is 5.82. The van der Waals surface area contributed by atoms with Crippen molar-refractivity contribution in [3.63, 3.8) is 0 Å². The molecule has 0 heterocycles. The molecule has 6 nitrogen and oxygen atoms in total. The molecule has 6 heteroatoms. The zero-order chi connectivity index (χ0) is 12.2. The van der Waals surface area contributed by atoms with Gasteiger partial charge in [0.15, 0.2) is 0 Å². The summed E-state index contributed by atoms with van der Waals surface area (Å²) < 4.78 is 4.26. The molecule has 0 bridgehead atoms. The Morgan fingerprint density at radius 1 is 1.25 bits per heavy atom. The van der Waals surface area contributed by atoms with Gasteiger partial charge in [-0.25, -0.2) is 14.6 Å². The summed E-state index contributed by atoms with van der Waals surface area (Å²) in [5.74, 6) is -0.621. The monoisotopic (exact) mass is 228 g/mol. The number of alkyl carbamates (subject to hydrolysis) is 1. The molecule has 0 unspecified atom stereocenters. The molecule has 0 aromatic heterocycles. The number of hydrogen-bond acceptors (Lipinski definition) is 5. The molecule has 0 rings (SSSR count). The van der Waals surface area contributed by atoms with Crippen molar-refractivity contribution in [2.75, 3.05) is 13.1 Å². The minimum atomic E-state index is -0.710. The molecule has 0 radical (unpaired) electrons. The maximum absolute atomic E-state index is 10.8. The van der Waals surface area contributed by atoms with Crippen molar-refractivity contribution in [2.45, 2.75) is 32.6 Å². The van der Waals surface area contributed by atoms with E-state index < -0.39 is 12.1 Å². The van der Waals surface area contributed by atoms with Crippen LogP contribution in [0.3, 0.4) is 0 Å². The summed E-state index contributed by atoms with van der Waals surface area (Å²) in [6.45, 7) is 2.15. The highest BCUT2D eigenvalue weighted by Crippen LogP contribution is 1.98. The van der Waals surface area contributed by atoms with E-state index in [2.05, 4.69) is 15.0 Å². The second-order valence-corrected chi connectivity index (χ2v) is 3.20. The van der Waals surface area contributed by atoms with E-state index in [9.17, 15) is 14.4 Å². The molecule has 0 aliphatic heterocycles. The summed E-state index contributed by atoms with van der Waals surface area (Å²) >= 11 is 0. The normalized spacial score (nSPS) is 9.06. The molecule has 0 aliphatic carbocycles. The summed E-state index contributed by atoms with van der Waals surface area (Å²) in [6.07, 6.45) is 4.27. The van der Waals surface area contributed by atoms with Gasteiger partial charge in [-0.1, -0.05) is 12.8 Å². The number of unbranched alkanes of at least 4 members (excludes halogenated alkanes) is 3. The van der Waals surface area contributed by atoms with Crippen LogP contribution in [0, 0.1) is 0 Å². The van der Waals surface area contributed by atoms with E-state index in [0.717, 1.165) is 25.7 Å². The smallest absolute Gasteiger partial charge is 0.377 e. The number of esters is 1. The van der Waals surface area contributed by atoms with Gasteiger partial charge in [0.2, 0.25) is 6.08 Å². The lowest BCUT2D eigenvalue weighted by Gasteiger charge is -2.03. The van der Waals surface area contributed by atoms with E-state index in [-0.39, 0.29) is 0 Å². The minimum absolute atomic E-state index is 0.475. The fourth-order valence-electron chi connectivity index (χ4n) is 1.07. The van der Waals surface area contributed by atoms with Crippen LogP contribution in [0.4, 0.5) is 4.79 Å². The van der Waals surface area contributed by atoms with Crippen LogP contribution in [0.15, 0.2) is 4.99 Å². The first-order valence-corrected chi connectivity index (χ1v) is 5.16. The average molecular weight is 228 g/mol. The summed E-state index contributed by atoms with van der Waals surface area (Å²) in [4.78, 5) is 34.3. The van der Waals surface area contributed by atoms with Gasteiger partial charge in [-0.05, 0) is 12.8 Å². The predicted octanol–water partition coefficient (Wildman–Crippen LogP) is 1.16. The Kier molecular flexibility index (Phi) is 8.82. The Bertz CT molecular complexity index is 272. The van der Waals surface area contributed by atoms with Gasteiger partial charge >= 0.3 is 12.1 Å². The zero-order valence-electron chi connectivity index (χ0n) is 9.32. The number of carbonyl (C=O) groups is 2. The summed E-state index contributed by atoms with van der Waals surface area (Å²) in [5.41, 5.74) is 0. The Labute approximate surface area is 94.1 Å². The lowest BCUT2D eigenvalue weighted by molar-refractivity contribution is -0.134. The van der Waals surface area contributed by atoms with Crippen LogP contribution in [-0.2, 0) is 14.3 Å². The molecule has 0 aromatic carbocycles. The molecule has 0 saturated heterocycles. The quantitative estimate of drug-likeness (QED) is 0.233. The molecule has 0 fully saturated rings. The van der Waals surface area contributed by atoms with Crippen LogP contribution in [0.1, 0.15) is 32.6 Å². The van der Waals surface area contributed by atoms with Crippen molar-refractivity contribution in [1.29, 1.82) is 0 Å². The maximum Gasteiger partial charge on any atom is 0.414 e. The molecule has 90 valence electrons. The molecule has 0 spiro atoms. The van der Waals surface area contributed by atoms with Crippen LogP contribution in [-0.4, -0.2) is 31.2 Å². The Morgan fingerprint density at radius 3 is 2.56 bits per heavy atom. The predicted molar refractivity (Wildman–Crippen MR) is 56.6 cm³/mol. The van der Waals surface area contributed by atoms with Gasteiger partial charge in [0, 0.05) is 13.5 Å². The van der Waals surface area contributed by atoms with Crippen molar-refractivity contribution < 1.29 is 19.1 Å². The van der Waals surface area contributed by atoms with E-state index in [1.54, 1.807) is 0 Å². The first-order valence-electron chi connectivity index (χ1n) is 5.16. The first-order chi connectivity index (χ1) is 7.66. The van der Waals surface area contributed by atoms with Gasteiger partial charge in [-0.2, -0.15) is 0 Å². The average Bonchev–Trinajstić information content (AvgIpc) is 2.21. The third-order valence-corrected chi connectivity index (χ3v) is 1.77. The highest BCUT2D eigenvalue weighted by Gasteiger charge is 2.03. The van der Waals surface area contributed by atoms with E-state index >= 15 is 0 Å². The third kappa shape index (κ3) is 10.4. The van der Waals surface area contributed by atoms with Gasteiger partial charge in [-0.3, -0.25) is 4.79 Å². The lowest BCUT2D eigenvalue weighted by atomic mass is 10.2. The van der Waals surface area contributed by atoms with Gasteiger partial charge in [0.25, 0.3) is 0 Å². The molecule has 0 aromatic rings. The standard InChI is InChI=1S/C10H16N2O4/c1-9(14)16-10(15)12-7-5-3-2-4-6-11-8-13/h2-7H2,1H3,(H,12,15). The highest BCUT2D eigenvalue weighted by atomic mass is 16.6. The Morgan fingerprint density at radius 2 is 1.94 bits per heavy atom. The fourth-order valence-corrected chi connectivity index (χ4v) is 1.07. The first kappa shape index (κ1) is 14.3. The number of nitrogens with zero attached hydrogens (tertiary/aromatic N) is 1. The lowest BCUT2D eigenvalue weighted by Crippen LogP contribution is -2.26. The van der Waals surface area contributed by atoms with Crippen LogP contribution in [0.25, 0.3) is 0 Å². The Hall–Kier alpha value is -1.68. The second kappa shape index (κ2) is 9.86. The number of isocyanates is 1. The third-order valence-electron chi connectivity index (χ3n) is 1.77. The SMILES string of the molecule is CC(=O)OC(=O)NCCCCCCN=C=O. The molecule has 16 heavy (non-hydrogen) atoms. The van der Waals surface area contributed by atoms with Gasteiger partial charge in [0.1, 0.15) is 0 Å². The molecule has 1 N–H and O–H groups in total. The number of nitrogens with one attached hydrogen (secondary N) is 1. The second-order valence-electron chi connectivity index (χ2n) is 3.20. The number of carbonyl (C=O) groups excluding carboxylic acids is 3. The van der Waals surface area contributed by atoms with Crippen molar-refractivity contribution in [2.24, 2.45) is 4.99 Å². The maximum atomic E-state index is 10.8. The van der Waals surface area contributed by atoms with Gasteiger partial charge in [-0.15, -0.1) is 0 Å². The van der Waals surface area contributed by atoms with Gasteiger partial charge in [0.05, 0.1) is 6.54 Å². The molecule has 0 atom stereocenters. The topological polar surface area (TPSA) is 84.8 Å². The molecular weight excluding hydrogens is 212 g/mol. The van der Waals surface area contributed by atoms with Crippen molar-refractivity contribution in [3.8, 4) is 0 Å². The largest absolute Gasteiger partial charge is 0.414 e. The van der Waals surface area contributed by atoms with E-state index in [1.165, 1.54) is 13.0 Å². The van der Waals surface area contributed by atoms with Crippen LogP contribution >= 0.6 is 0 Å². The van der Waals surface area contributed by atoms with Crippen LogP contribution < -0.4 is 5.32 Å². The fraction of sp³-hybridized carbons (Fsp3) is 0.700. The summed E-state index contributed by atoms with van der Waals surface area (Å²) in [5, 5.41) is 2.45. The van der Waals surface area contributed by atoms with E-state index in [1.807, 2.05) is 0 Å².